The molecule has 1 N–H and O–H groups in total. The van der Waals surface area contributed by atoms with E-state index in [4.69, 9.17) is 21.1 Å². The lowest BCUT2D eigenvalue weighted by Crippen LogP contribution is -2.19. The summed E-state index contributed by atoms with van der Waals surface area (Å²) in [5, 5.41) is 3.22. The van der Waals surface area contributed by atoms with Crippen LogP contribution in [-0.2, 0) is 14.3 Å². The highest BCUT2D eigenvalue weighted by molar-refractivity contribution is 6.30. The largest absolute Gasteiger partial charge is 0.482 e. The van der Waals surface area contributed by atoms with Gasteiger partial charge in [-0.2, -0.15) is 0 Å². The molecule has 2 aromatic rings. The minimum Gasteiger partial charge on any atom is -0.482 e. The second-order valence-electron chi connectivity index (χ2n) is 5.71. The summed E-state index contributed by atoms with van der Waals surface area (Å²) in [5.41, 5.74) is 0.990. The van der Waals surface area contributed by atoms with Crippen LogP contribution < -0.4 is 10.1 Å². The van der Waals surface area contributed by atoms with E-state index in [1.165, 1.54) is 0 Å². The number of ether oxygens (including phenoxy) is 2. The minimum atomic E-state index is -0.660. The van der Waals surface area contributed by atoms with Crippen molar-refractivity contribution in [2.24, 2.45) is 0 Å². The lowest BCUT2D eigenvalue weighted by Gasteiger charge is -2.08. The van der Waals surface area contributed by atoms with Gasteiger partial charge in [-0.1, -0.05) is 24.6 Å². The van der Waals surface area contributed by atoms with E-state index in [1.54, 1.807) is 48.5 Å². The van der Waals surface area contributed by atoms with E-state index in [-0.39, 0.29) is 24.9 Å². The molecule has 27 heavy (non-hydrogen) atoms. The monoisotopic (exact) mass is 389 g/mol. The van der Waals surface area contributed by atoms with Crippen molar-refractivity contribution >= 4 is 34.9 Å². The topological polar surface area (TPSA) is 81.7 Å². The summed E-state index contributed by atoms with van der Waals surface area (Å²) in [6.45, 7) is 1.21. The first-order chi connectivity index (χ1) is 13.0. The summed E-state index contributed by atoms with van der Waals surface area (Å²) in [6, 6.07) is 13.0. The highest BCUT2D eigenvalue weighted by atomic mass is 35.5. The summed E-state index contributed by atoms with van der Waals surface area (Å²) in [7, 11) is 0. The van der Waals surface area contributed by atoms with E-state index >= 15 is 0 Å². The zero-order valence-electron chi connectivity index (χ0n) is 14.9. The fraction of sp³-hybridized carbons (Fsp3) is 0.250. The molecule has 0 radical (unpaired) electrons. The van der Waals surface area contributed by atoms with Gasteiger partial charge in [-0.05, 0) is 48.9 Å². The average Bonchev–Trinajstić information content (AvgIpc) is 2.65. The molecule has 0 saturated heterocycles. The van der Waals surface area contributed by atoms with Crippen molar-refractivity contribution in [3.8, 4) is 5.75 Å². The van der Waals surface area contributed by atoms with Crippen LogP contribution in [0.25, 0.3) is 0 Å². The maximum atomic E-state index is 12.1. The SMILES string of the molecule is CCCC(=O)Nc1ccc(C(=O)COC(=O)COc2cccc(Cl)c2)cc1. The second-order valence-corrected chi connectivity index (χ2v) is 6.14. The van der Waals surface area contributed by atoms with Gasteiger partial charge in [0, 0.05) is 22.7 Å². The molecule has 2 aromatic carbocycles. The molecule has 0 aromatic heterocycles. The third-order valence-corrected chi connectivity index (χ3v) is 3.72. The van der Waals surface area contributed by atoms with E-state index < -0.39 is 5.97 Å². The van der Waals surface area contributed by atoms with Crippen LogP contribution in [0.1, 0.15) is 30.1 Å². The Morgan fingerprint density at radius 3 is 2.44 bits per heavy atom. The van der Waals surface area contributed by atoms with Crippen LogP contribution >= 0.6 is 11.6 Å². The van der Waals surface area contributed by atoms with Gasteiger partial charge in [-0.25, -0.2) is 4.79 Å². The smallest absolute Gasteiger partial charge is 0.344 e. The van der Waals surface area contributed by atoms with Crippen molar-refractivity contribution in [3.63, 3.8) is 0 Å². The zero-order valence-corrected chi connectivity index (χ0v) is 15.6. The molecule has 0 heterocycles. The molecule has 142 valence electrons. The summed E-state index contributed by atoms with van der Waals surface area (Å²) < 4.78 is 10.2. The molecule has 0 atom stereocenters. The predicted molar refractivity (Wildman–Crippen MR) is 102 cm³/mol. The van der Waals surface area contributed by atoms with Crippen LogP contribution in [0.4, 0.5) is 5.69 Å². The van der Waals surface area contributed by atoms with Crippen LogP contribution in [0, 0.1) is 0 Å². The Kier molecular flexibility index (Phi) is 7.82. The first-order valence-electron chi connectivity index (χ1n) is 8.45. The van der Waals surface area contributed by atoms with Gasteiger partial charge >= 0.3 is 5.97 Å². The third kappa shape index (κ3) is 7.11. The Labute approximate surface area is 162 Å². The van der Waals surface area contributed by atoms with E-state index in [0.29, 0.717) is 28.4 Å². The Morgan fingerprint density at radius 1 is 1.04 bits per heavy atom. The number of carbonyl (C=O) groups is 3. The van der Waals surface area contributed by atoms with E-state index in [1.807, 2.05) is 6.92 Å². The third-order valence-electron chi connectivity index (χ3n) is 3.48. The summed E-state index contributed by atoms with van der Waals surface area (Å²) in [5.74, 6) is -0.652. The number of nitrogens with one attached hydrogen (secondary N) is 1. The van der Waals surface area contributed by atoms with Crippen LogP contribution in [0.2, 0.25) is 5.02 Å². The first kappa shape index (κ1) is 20.5. The highest BCUT2D eigenvalue weighted by Gasteiger charge is 2.11. The average molecular weight is 390 g/mol. The number of hydrogen-bond donors (Lipinski definition) is 1. The van der Waals surface area contributed by atoms with Gasteiger partial charge in [0.25, 0.3) is 0 Å². The molecule has 0 fully saturated rings. The van der Waals surface area contributed by atoms with Gasteiger partial charge < -0.3 is 14.8 Å². The van der Waals surface area contributed by atoms with Crippen LogP contribution in [0.3, 0.4) is 0 Å². The quantitative estimate of drug-likeness (QED) is 0.519. The van der Waals surface area contributed by atoms with Crippen molar-refractivity contribution in [1.82, 2.24) is 0 Å². The van der Waals surface area contributed by atoms with Gasteiger partial charge in [0.1, 0.15) is 5.75 Å². The van der Waals surface area contributed by atoms with Gasteiger partial charge in [0.15, 0.2) is 19.0 Å². The summed E-state index contributed by atoms with van der Waals surface area (Å²) >= 11 is 5.82. The number of Topliss-reactive ketones (excluding diaryl/α,β-unsaturated/α-hetero) is 1. The summed E-state index contributed by atoms with van der Waals surface area (Å²) in [4.78, 5) is 35.3. The van der Waals surface area contributed by atoms with Crippen LogP contribution in [0.15, 0.2) is 48.5 Å². The van der Waals surface area contributed by atoms with Crippen molar-refractivity contribution in [3.05, 3.63) is 59.1 Å². The Bertz CT molecular complexity index is 804. The van der Waals surface area contributed by atoms with E-state index in [9.17, 15) is 14.4 Å². The molecular weight excluding hydrogens is 370 g/mol. The molecule has 0 aliphatic heterocycles. The zero-order chi connectivity index (χ0) is 19.6. The number of esters is 1. The maximum Gasteiger partial charge on any atom is 0.344 e. The van der Waals surface area contributed by atoms with Gasteiger partial charge in [0.2, 0.25) is 5.91 Å². The van der Waals surface area contributed by atoms with E-state index in [2.05, 4.69) is 5.32 Å². The van der Waals surface area contributed by atoms with Gasteiger partial charge in [0.05, 0.1) is 0 Å². The number of rotatable bonds is 9. The fourth-order valence-electron chi connectivity index (χ4n) is 2.16. The molecule has 0 unspecified atom stereocenters. The van der Waals surface area contributed by atoms with Crippen molar-refractivity contribution in [2.75, 3.05) is 18.5 Å². The standard InChI is InChI=1S/C20H20ClNO5/c1-2-4-19(24)22-16-9-7-14(8-10-16)18(23)12-27-20(25)13-26-17-6-3-5-15(21)11-17/h3,5-11H,2,4,12-13H2,1H3,(H,22,24). The number of hydrogen-bond acceptors (Lipinski definition) is 5. The Hall–Kier alpha value is -2.86. The maximum absolute atomic E-state index is 12.1. The normalized spacial score (nSPS) is 10.1. The van der Waals surface area contributed by atoms with Gasteiger partial charge in [-0.15, -0.1) is 0 Å². The van der Waals surface area contributed by atoms with Crippen LogP contribution in [-0.4, -0.2) is 30.9 Å². The van der Waals surface area contributed by atoms with Crippen molar-refractivity contribution in [2.45, 2.75) is 19.8 Å². The van der Waals surface area contributed by atoms with Crippen molar-refractivity contribution in [1.29, 1.82) is 0 Å². The minimum absolute atomic E-state index is 0.0785. The molecule has 0 spiro atoms. The molecule has 7 heteroatoms. The molecule has 0 saturated carbocycles. The number of halogens is 1. The second kappa shape index (κ2) is 10.3. The number of ketones is 1. The molecule has 0 aliphatic rings. The Morgan fingerprint density at radius 2 is 1.78 bits per heavy atom. The number of benzene rings is 2. The molecule has 6 nitrogen and oxygen atoms in total. The number of anilines is 1. The summed E-state index contributed by atoms with van der Waals surface area (Å²) in [6.07, 6.45) is 1.20. The first-order valence-corrected chi connectivity index (χ1v) is 8.83. The Balaban J connectivity index is 1.77. The molecule has 1 amide bonds. The van der Waals surface area contributed by atoms with Gasteiger partial charge in [-0.3, -0.25) is 9.59 Å². The predicted octanol–water partition coefficient (Wildman–Crippen LogP) is 3.88. The molecule has 2 rings (SSSR count). The lowest BCUT2D eigenvalue weighted by atomic mass is 10.1. The number of carbonyl (C=O) groups excluding carboxylic acids is 3. The number of amides is 1. The lowest BCUT2D eigenvalue weighted by molar-refractivity contribution is -0.144. The van der Waals surface area contributed by atoms with E-state index in [0.717, 1.165) is 6.42 Å². The molecule has 0 aliphatic carbocycles. The van der Waals surface area contributed by atoms with Crippen LogP contribution in [0.5, 0.6) is 5.75 Å². The fourth-order valence-corrected chi connectivity index (χ4v) is 2.34. The molecule has 0 bridgehead atoms. The molecular formula is C20H20ClNO5. The van der Waals surface area contributed by atoms with Crippen molar-refractivity contribution < 1.29 is 23.9 Å². The highest BCUT2D eigenvalue weighted by Crippen LogP contribution is 2.17.